The van der Waals surface area contributed by atoms with E-state index < -0.39 is 0 Å². The van der Waals surface area contributed by atoms with Gasteiger partial charge in [0.15, 0.2) is 0 Å². The molecule has 0 unspecified atom stereocenters. The van der Waals surface area contributed by atoms with Gasteiger partial charge in [0.1, 0.15) is 0 Å². The number of hydrogen-bond donors (Lipinski definition) is 1. The second-order valence-electron chi connectivity index (χ2n) is 5.13. The van der Waals surface area contributed by atoms with Gasteiger partial charge in [0, 0.05) is 25.2 Å². The van der Waals surface area contributed by atoms with Gasteiger partial charge in [-0.05, 0) is 24.8 Å². The summed E-state index contributed by atoms with van der Waals surface area (Å²) in [6.07, 6.45) is 1.16. The van der Waals surface area contributed by atoms with Crippen molar-refractivity contribution in [3.8, 4) is 0 Å². The highest BCUT2D eigenvalue weighted by atomic mass is 15.2. The molecule has 1 saturated heterocycles. The van der Waals surface area contributed by atoms with Crippen LogP contribution in [0, 0.1) is 5.92 Å². The molecule has 0 spiro atoms. The van der Waals surface area contributed by atoms with E-state index in [4.69, 9.17) is 5.73 Å². The molecule has 0 bridgehead atoms. The Balaban J connectivity index is 2.03. The maximum atomic E-state index is 6.09. The van der Waals surface area contributed by atoms with E-state index in [-0.39, 0.29) is 0 Å². The molecule has 0 radical (unpaired) electrons. The number of rotatable bonds is 2. The average Bonchev–Trinajstić information content (AvgIpc) is 2.27. The third-order valence-corrected chi connectivity index (χ3v) is 3.77. The number of nitrogens with two attached hydrogens (primary N) is 1. The van der Waals surface area contributed by atoms with Gasteiger partial charge in [-0.25, -0.2) is 0 Å². The Hall–Kier alpha value is -0.860. The molecule has 2 rings (SSSR count). The molecule has 2 nitrogen and oxygen atoms in total. The summed E-state index contributed by atoms with van der Waals surface area (Å²) in [6.45, 7) is 6.68. The average molecular weight is 218 g/mol. The quantitative estimate of drug-likeness (QED) is 0.825. The lowest BCUT2D eigenvalue weighted by molar-refractivity contribution is 0.0925. The lowest BCUT2D eigenvalue weighted by atomic mass is 9.89. The van der Waals surface area contributed by atoms with Gasteiger partial charge in [-0.2, -0.15) is 0 Å². The van der Waals surface area contributed by atoms with Gasteiger partial charge in [-0.3, -0.25) is 4.90 Å². The Bertz CT molecular complexity index is 323. The van der Waals surface area contributed by atoms with Crippen LogP contribution in [0.15, 0.2) is 30.3 Å². The van der Waals surface area contributed by atoms with Crippen LogP contribution >= 0.6 is 0 Å². The molecule has 1 aliphatic heterocycles. The molecule has 2 N–H and O–H groups in total. The van der Waals surface area contributed by atoms with E-state index in [1.54, 1.807) is 0 Å². The molecule has 0 amide bonds. The van der Waals surface area contributed by atoms with Crippen molar-refractivity contribution in [2.45, 2.75) is 38.9 Å². The first kappa shape index (κ1) is 11.6. The normalized spacial score (nSPS) is 31.6. The van der Waals surface area contributed by atoms with E-state index in [2.05, 4.69) is 49.1 Å². The Morgan fingerprint density at radius 3 is 2.62 bits per heavy atom. The molecule has 2 heteroatoms. The third-order valence-electron chi connectivity index (χ3n) is 3.77. The second kappa shape index (κ2) is 4.98. The Kier molecular flexibility index (Phi) is 3.62. The van der Waals surface area contributed by atoms with E-state index in [0.29, 0.717) is 18.0 Å². The fraction of sp³-hybridized carbons (Fsp3) is 0.571. The summed E-state index contributed by atoms with van der Waals surface area (Å²) >= 11 is 0. The van der Waals surface area contributed by atoms with Gasteiger partial charge < -0.3 is 5.73 Å². The smallest absolute Gasteiger partial charge is 0.0237 e. The highest BCUT2D eigenvalue weighted by Crippen LogP contribution is 2.23. The van der Waals surface area contributed by atoms with E-state index in [9.17, 15) is 0 Å². The van der Waals surface area contributed by atoms with Crippen LogP contribution in [0.1, 0.15) is 25.8 Å². The van der Waals surface area contributed by atoms with Crippen molar-refractivity contribution in [2.75, 3.05) is 6.54 Å². The lowest BCUT2D eigenvalue weighted by Gasteiger charge is -2.41. The zero-order valence-electron chi connectivity index (χ0n) is 10.3. The van der Waals surface area contributed by atoms with Crippen LogP contribution in [0.2, 0.25) is 0 Å². The predicted octanol–water partition coefficient (Wildman–Crippen LogP) is 2.24. The number of likely N-dealkylation sites (tertiary alicyclic amines) is 1. The van der Waals surface area contributed by atoms with Crippen LogP contribution < -0.4 is 5.73 Å². The Morgan fingerprint density at radius 1 is 1.25 bits per heavy atom. The molecule has 1 aromatic carbocycles. The zero-order valence-corrected chi connectivity index (χ0v) is 10.3. The number of piperidine rings is 1. The summed E-state index contributed by atoms with van der Waals surface area (Å²) in [5, 5.41) is 0. The number of hydrogen-bond acceptors (Lipinski definition) is 2. The molecule has 16 heavy (non-hydrogen) atoms. The monoisotopic (exact) mass is 218 g/mol. The first-order valence-corrected chi connectivity index (χ1v) is 6.20. The molecule has 1 aromatic rings. The summed E-state index contributed by atoms with van der Waals surface area (Å²) < 4.78 is 0. The molecular formula is C14H22N2. The topological polar surface area (TPSA) is 29.3 Å². The summed E-state index contributed by atoms with van der Waals surface area (Å²) in [4.78, 5) is 2.51. The predicted molar refractivity (Wildman–Crippen MR) is 68.1 cm³/mol. The van der Waals surface area contributed by atoms with E-state index in [0.717, 1.165) is 19.5 Å². The fourth-order valence-electron chi connectivity index (χ4n) is 2.60. The van der Waals surface area contributed by atoms with Crippen LogP contribution in [0.4, 0.5) is 0 Å². The van der Waals surface area contributed by atoms with Gasteiger partial charge in [-0.15, -0.1) is 0 Å². The van der Waals surface area contributed by atoms with Gasteiger partial charge in [0.25, 0.3) is 0 Å². The van der Waals surface area contributed by atoms with Crippen molar-refractivity contribution >= 4 is 0 Å². The summed E-state index contributed by atoms with van der Waals surface area (Å²) in [5.74, 6) is 0.701. The molecule has 88 valence electrons. The van der Waals surface area contributed by atoms with Crippen molar-refractivity contribution in [2.24, 2.45) is 11.7 Å². The first-order chi connectivity index (χ1) is 7.66. The maximum absolute atomic E-state index is 6.09. The van der Waals surface area contributed by atoms with Gasteiger partial charge in [0.05, 0.1) is 0 Å². The minimum Gasteiger partial charge on any atom is -0.327 e. The largest absolute Gasteiger partial charge is 0.327 e. The molecule has 1 heterocycles. The standard InChI is InChI=1S/C14H22N2/c1-11-8-14(15)10-16(12(11)2)9-13-6-4-3-5-7-13/h3-7,11-12,14H,8-10,15H2,1-2H3/t11-,12+,14-/m0/s1. The molecular weight excluding hydrogens is 196 g/mol. The van der Waals surface area contributed by atoms with E-state index >= 15 is 0 Å². The Morgan fingerprint density at radius 2 is 1.94 bits per heavy atom. The first-order valence-electron chi connectivity index (χ1n) is 6.20. The minimum absolute atomic E-state index is 0.343. The summed E-state index contributed by atoms with van der Waals surface area (Å²) in [5.41, 5.74) is 7.47. The highest BCUT2D eigenvalue weighted by Gasteiger charge is 2.28. The van der Waals surface area contributed by atoms with Gasteiger partial charge in [-0.1, -0.05) is 37.3 Å². The third kappa shape index (κ3) is 2.63. The molecule has 3 atom stereocenters. The number of benzene rings is 1. The van der Waals surface area contributed by atoms with Crippen molar-refractivity contribution in [1.29, 1.82) is 0 Å². The summed E-state index contributed by atoms with van der Waals surface area (Å²) in [6, 6.07) is 11.6. The number of nitrogens with zero attached hydrogens (tertiary/aromatic N) is 1. The Labute approximate surface area is 98.4 Å². The van der Waals surface area contributed by atoms with Crippen molar-refractivity contribution in [3.63, 3.8) is 0 Å². The van der Waals surface area contributed by atoms with Crippen molar-refractivity contribution in [3.05, 3.63) is 35.9 Å². The summed E-state index contributed by atoms with van der Waals surface area (Å²) in [7, 11) is 0. The fourth-order valence-corrected chi connectivity index (χ4v) is 2.60. The second-order valence-corrected chi connectivity index (χ2v) is 5.13. The van der Waals surface area contributed by atoms with Gasteiger partial charge in [0.2, 0.25) is 0 Å². The van der Waals surface area contributed by atoms with Gasteiger partial charge >= 0.3 is 0 Å². The molecule has 0 saturated carbocycles. The molecule has 0 aromatic heterocycles. The van der Waals surface area contributed by atoms with Crippen LogP contribution in [-0.4, -0.2) is 23.5 Å². The molecule has 1 fully saturated rings. The maximum Gasteiger partial charge on any atom is 0.0237 e. The lowest BCUT2D eigenvalue weighted by Crippen LogP contribution is -2.50. The zero-order chi connectivity index (χ0) is 11.5. The van der Waals surface area contributed by atoms with Crippen LogP contribution in [-0.2, 0) is 6.54 Å². The SMILES string of the molecule is C[C@@H]1[C@@H](C)C[C@H](N)CN1Cc1ccccc1. The van der Waals surface area contributed by atoms with Crippen LogP contribution in [0.25, 0.3) is 0 Å². The molecule has 1 aliphatic rings. The van der Waals surface area contributed by atoms with Crippen molar-refractivity contribution in [1.82, 2.24) is 4.90 Å². The van der Waals surface area contributed by atoms with Crippen molar-refractivity contribution < 1.29 is 0 Å². The minimum atomic E-state index is 0.343. The highest BCUT2D eigenvalue weighted by molar-refractivity contribution is 5.14. The van der Waals surface area contributed by atoms with Crippen LogP contribution in [0.3, 0.4) is 0 Å². The van der Waals surface area contributed by atoms with E-state index in [1.165, 1.54) is 5.56 Å². The van der Waals surface area contributed by atoms with E-state index in [1.807, 2.05) is 0 Å². The van der Waals surface area contributed by atoms with Crippen LogP contribution in [0.5, 0.6) is 0 Å². The molecule has 0 aliphatic carbocycles.